The van der Waals surface area contributed by atoms with Crippen molar-refractivity contribution >= 4 is 16.9 Å². The van der Waals surface area contributed by atoms with Crippen LogP contribution in [0.4, 0.5) is 8.78 Å². The lowest BCUT2D eigenvalue weighted by atomic mass is 10.0. The Kier molecular flexibility index (Phi) is 5.24. The normalized spacial score (nSPS) is 18.5. The summed E-state index contributed by atoms with van der Waals surface area (Å²) >= 11 is 0. The number of alkyl halides is 2. The molecule has 1 aromatic heterocycles. The molecule has 1 aliphatic rings. The number of ether oxygens (including phenoxy) is 1. The third-order valence-corrected chi connectivity index (χ3v) is 5.10. The van der Waals surface area contributed by atoms with Crippen LogP contribution in [0.15, 0.2) is 52.9 Å². The first-order chi connectivity index (χ1) is 13.9. The Hall–Kier alpha value is -2.93. The minimum absolute atomic E-state index is 0.166. The maximum Gasteiger partial charge on any atom is 0.280 e. The fourth-order valence-electron chi connectivity index (χ4n) is 3.56. The number of hydrogen-bond donors (Lipinski definition) is 2. The van der Waals surface area contributed by atoms with Crippen molar-refractivity contribution in [2.75, 3.05) is 13.1 Å². The van der Waals surface area contributed by atoms with Gasteiger partial charge in [0.2, 0.25) is 0 Å². The number of fused-ring (bicyclic) bond motifs is 1. The van der Waals surface area contributed by atoms with Crippen LogP contribution in [0.25, 0.3) is 11.0 Å². The quantitative estimate of drug-likeness (QED) is 0.678. The molecule has 1 aliphatic heterocycles. The Morgan fingerprint density at radius 1 is 1.28 bits per heavy atom. The topological polar surface area (TPSA) is 63.5 Å². The zero-order chi connectivity index (χ0) is 20.4. The average Bonchev–Trinajstić information content (AvgIpc) is 3.03. The number of piperidine rings is 1. The number of aryl methyl sites for hydroxylation is 1. The summed E-state index contributed by atoms with van der Waals surface area (Å²) in [5, 5.41) is 5.69. The van der Waals surface area contributed by atoms with E-state index in [9.17, 15) is 13.6 Å². The second kappa shape index (κ2) is 7.83. The summed E-state index contributed by atoms with van der Waals surface area (Å²) in [5.41, 5.74) is 1.79. The van der Waals surface area contributed by atoms with Crippen LogP contribution < -0.4 is 15.4 Å². The van der Waals surface area contributed by atoms with Crippen LogP contribution in [0, 0.1) is 6.92 Å². The number of benzene rings is 2. The molecule has 2 heterocycles. The van der Waals surface area contributed by atoms with Gasteiger partial charge in [-0.05, 0) is 43.7 Å². The van der Waals surface area contributed by atoms with Gasteiger partial charge >= 0.3 is 0 Å². The molecule has 152 valence electrons. The van der Waals surface area contributed by atoms with E-state index in [1.807, 2.05) is 30.3 Å². The van der Waals surface area contributed by atoms with Crippen molar-refractivity contribution in [3.05, 3.63) is 65.4 Å². The van der Waals surface area contributed by atoms with Crippen molar-refractivity contribution in [1.82, 2.24) is 10.6 Å². The van der Waals surface area contributed by atoms with Crippen molar-refractivity contribution in [3.63, 3.8) is 0 Å². The van der Waals surface area contributed by atoms with Gasteiger partial charge in [0, 0.05) is 5.39 Å². The molecule has 5 nitrogen and oxygen atoms in total. The number of furan rings is 1. The molecule has 1 atom stereocenters. The van der Waals surface area contributed by atoms with E-state index < -0.39 is 24.4 Å². The van der Waals surface area contributed by atoms with Gasteiger partial charge in [-0.1, -0.05) is 30.3 Å². The van der Waals surface area contributed by atoms with E-state index in [1.165, 1.54) is 0 Å². The molecular formula is C22H22F2N2O3. The summed E-state index contributed by atoms with van der Waals surface area (Å²) in [4.78, 5) is 12.8. The third kappa shape index (κ3) is 4.10. The highest BCUT2D eigenvalue weighted by Gasteiger charge is 2.42. The SMILES string of the molecule is Cc1oc2ccc(OCc3ccccc3)cc2c1C(=O)NC1CCNCC1(F)F. The molecule has 1 unspecified atom stereocenters. The number of halogens is 2. The van der Waals surface area contributed by atoms with Gasteiger partial charge < -0.3 is 19.8 Å². The first-order valence-corrected chi connectivity index (χ1v) is 9.53. The average molecular weight is 400 g/mol. The lowest BCUT2D eigenvalue weighted by Gasteiger charge is -2.32. The molecule has 1 amide bonds. The molecule has 2 N–H and O–H groups in total. The second-order valence-electron chi connectivity index (χ2n) is 7.22. The maximum atomic E-state index is 14.1. The number of rotatable bonds is 5. The minimum Gasteiger partial charge on any atom is -0.489 e. The van der Waals surface area contributed by atoms with Crippen LogP contribution in [0.3, 0.4) is 0 Å². The van der Waals surface area contributed by atoms with Gasteiger partial charge in [-0.3, -0.25) is 4.79 Å². The maximum absolute atomic E-state index is 14.1. The number of carbonyl (C=O) groups is 1. The first-order valence-electron chi connectivity index (χ1n) is 9.53. The second-order valence-corrected chi connectivity index (χ2v) is 7.22. The molecule has 3 aromatic rings. The van der Waals surface area contributed by atoms with Crippen LogP contribution >= 0.6 is 0 Å². The van der Waals surface area contributed by atoms with E-state index in [2.05, 4.69) is 10.6 Å². The predicted octanol–water partition coefficient (Wildman–Crippen LogP) is 4.05. The van der Waals surface area contributed by atoms with Crippen LogP contribution in [0.2, 0.25) is 0 Å². The standard InChI is InChI=1S/C22H22F2N2O3/c1-14-20(21(27)26-19-9-10-25-13-22(19,23)24)17-11-16(7-8-18(17)29-14)28-12-15-5-3-2-4-6-15/h2-8,11,19,25H,9-10,12-13H2,1H3,(H,26,27). The summed E-state index contributed by atoms with van der Waals surface area (Å²) in [6.45, 7) is 2.02. The summed E-state index contributed by atoms with van der Waals surface area (Å²) in [6, 6.07) is 13.7. The Morgan fingerprint density at radius 2 is 2.07 bits per heavy atom. The lowest BCUT2D eigenvalue weighted by Crippen LogP contribution is -2.57. The van der Waals surface area contributed by atoms with Gasteiger partial charge in [0.15, 0.2) is 0 Å². The molecule has 1 fully saturated rings. The zero-order valence-corrected chi connectivity index (χ0v) is 16.0. The van der Waals surface area contributed by atoms with Gasteiger partial charge in [0.1, 0.15) is 23.7 Å². The van der Waals surface area contributed by atoms with Gasteiger partial charge in [-0.2, -0.15) is 0 Å². The summed E-state index contributed by atoms with van der Waals surface area (Å²) in [5.74, 6) is -2.60. The van der Waals surface area contributed by atoms with Crippen molar-refractivity contribution in [1.29, 1.82) is 0 Å². The Balaban J connectivity index is 1.56. The number of amides is 1. The van der Waals surface area contributed by atoms with Gasteiger partial charge in [0.25, 0.3) is 11.8 Å². The molecule has 7 heteroatoms. The van der Waals surface area contributed by atoms with E-state index >= 15 is 0 Å². The largest absolute Gasteiger partial charge is 0.489 e. The molecule has 0 radical (unpaired) electrons. The van der Waals surface area contributed by atoms with Crippen molar-refractivity contribution in [2.45, 2.75) is 31.9 Å². The fraction of sp³-hybridized carbons (Fsp3) is 0.318. The smallest absolute Gasteiger partial charge is 0.280 e. The van der Waals surface area contributed by atoms with Crippen LogP contribution in [-0.4, -0.2) is 31.0 Å². The number of hydrogen-bond acceptors (Lipinski definition) is 4. The molecule has 29 heavy (non-hydrogen) atoms. The van der Waals surface area contributed by atoms with Gasteiger partial charge in [0.05, 0.1) is 18.2 Å². The third-order valence-electron chi connectivity index (χ3n) is 5.10. The molecule has 0 aliphatic carbocycles. The molecule has 4 rings (SSSR count). The number of nitrogens with one attached hydrogen (secondary N) is 2. The van der Waals surface area contributed by atoms with Crippen LogP contribution in [-0.2, 0) is 6.61 Å². The van der Waals surface area contributed by atoms with E-state index in [1.54, 1.807) is 25.1 Å². The molecule has 1 saturated heterocycles. The summed E-state index contributed by atoms with van der Waals surface area (Å²) < 4.78 is 39.7. The fourth-order valence-corrected chi connectivity index (χ4v) is 3.56. The minimum atomic E-state index is -2.99. The van der Waals surface area contributed by atoms with E-state index in [4.69, 9.17) is 9.15 Å². The highest BCUT2D eigenvalue weighted by molar-refractivity contribution is 6.07. The predicted molar refractivity (Wildman–Crippen MR) is 105 cm³/mol. The van der Waals surface area contributed by atoms with Crippen molar-refractivity contribution in [3.8, 4) is 5.75 Å². The Morgan fingerprint density at radius 3 is 2.83 bits per heavy atom. The Labute approximate surface area is 167 Å². The monoisotopic (exact) mass is 400 g/mol. The van der Waals surface area contributed by atoms with E-state index in [0.29, 0.717) is 35.6 Å². The van der Waals surface area contributed by atoms with Gasteiger partial charge in [-0.25, -0.2) is 8.78 Å². The van der Waals surface area contributed by atoms with Crippen LogP contribution in [0.1, 0.15) is 28.1 Å². The summed E-state index contributed by atoms with van der Waals surface area (Å²) in [7, 11) is 0. The van der Waals surface area contributed by atoms with Crippen molar-refractivity contribution in [2.24, 2.45) is 0 Å². The molecule has 0 saturated carbocycles. The molecular weight excluding hydrogens is 378 g/mol. The summed E-state index contributed by atoms with van der Waals surface area (Å²) in [6.07, 6.45) is 0.166. The van der Waals surface area contributed by atoms with Crippen LogP contribution in [0.5, 0.6) is 5.75 Å². The highest BCUT2D eigenvalue weighted by Crippen LogP contribution is 2.30. The van der Waals surface area contributed by atoms with Gasteiger partial charge in [-0.15, -0.1) is 0 Å². The Bertz CT molecular complexity index is 1020. The lowest BCUT2D eigenvalue weighted by molar-refractivity contribution is -0.0487. The number of carbonyl (C=O) groups excluding carboxylic acids is 1. The molecule has 0 spiro atoms. The first kappa shape index (κ1) is 19.4. The van der Waals surface area contributed by atoms with E-state index in [-0.39, 0.29) is 12.0 Å². The zero-order valence-electron chi connectivity index (χ0n) is 16.0. The van der Waals surface area contributed by atoms with E-state index in [0.717, 1.165) is 5.56 Å². The molecule has 2 aromatic carbocycles. The molecule has 0 bridgehead atoms. The van der Waals surface area contributed by atoms with Crippen molar-refractivity contribution < 1.29 is 22.7 Å². The highest BCUT2D eigenvalue weighted by atomic mass is 19.3.